The maximum absolute atomic E-state index is 12.7. The molecule has 0 bridgehead atoms. The van der Waals surface area contributed by atoms with Crippen LogP contribution < -0.4 is 4.74 Å². The molecule has 0 aliphatic heterocycles. The number of ether oxygens (including phenoxy) is 1. The molecule has 0 spiro atoms. The van der Waals surface area contributed by atoms with E-state index in [0.29, 0.717) is 11.3 Å². The van der Waals surface area contributed by atoms with E-state index in [-0.39, 0.29) is 0 Å². The van der Waals surface area contributed by atoms with E-state index in [1.165, 1.54) is 82.6 Å². The van der Waals surface area contributed by atoms with Crippen LogP contribution in [-0.2, 0) is 0 Å². The quantitative estimate of drug-likeness (QED) is 0.357. The van der Waals surface area contributed by atoms with Gasteiger partial charge in [-0.2, -0.15) is 0 Å². The number of halogens is 1. The molecule has 0 radical (unpaired) electrons. The van der Waals surface area contributed by atoms with Gasteiger partial charge in [0, 0.05) is 0 Å². The maximum Gasteiger partial charge on any atom is 0.119 e. The van der Waals surface area contributed by atoms with E-state index in [1.54, 1.807) is 6.08 Å². The van der Waals surface area contributed by atoms with Gasteiger partial charge in [0.25, 0.3) is 0 Å². The van der Waals surface area contributed by atoms with Gasteiger partial charge in [-0.15, -0.1) is 0 Å². The summed E-state index contributed by atoms with van der Waals surface area (Å²) in [7, 11) is 0. The number of allylic oxidation sites excluding steroid dienone is 1. The van der Waals surface area contributed by atoms with Crippen LogP contribution in [0, 0.1) is 11.3 Å². The first kappa shape index (κ1) is 22.4. The van der Waals surface area contributed by atoms with Crippen LogP contribution in [0.25, 0.3) is 0 Å². The fourth-order valence-corrected chi connectivity index (χ4v) is 5.91. The molecule has 2 heteroatoms. The summed E-state index contributed by atoms with van der Waals surface area (Å²) >= 11 is 0. The molecule has 1 nitrogen and oxygen atoms in total. The number of hydrogen-bond donors (Lipinski definition) is 0. The van der Waals surface area contributed by atoms with Crippen molar-refractivity contribution in [2.24, 2.45) is 11.3 Å². The highest BCUT2D eigenvalue weighted by Crippen LogP contribution is 2.52. The van der Waals surface area contributed by atoms with E-state index >= 15 is 0 Å². The summed E-state index contributed by atoms with van der Waals surface area (Å²) in [6.45, 7) is 3.07. The third kappa shape index (κ3) is 6.33. The van der Waals surface area contributed by atoms with Gasteiger partial charge in [0.05, 0.1) is 12.9 Å². The molecule has 0 amide bonds. The zero-order valence-corrected chi connectivity index (χ0v) is 18.5. The second-order valence-electron chi connectivity index (χ2n) is 9.52. The minimum atomic E-state index is 0.376. The average Bonchev–Trinajstić information content (AvgIpc) is 2.79. The van der Waals surface area contributed by atoms with Gasteiger partial charge in [0.1, 0.15) is 5.75 Å². The van der Waals surface area contributed by atoms with Crippen molar-refractivity contribution in [3.05, 3.63) is 42.2 Å². The maximum atomic E-state index is 12.7. The van der Waals surface area contributed by atoms with Gasteiger partial charge in [-0.25, -0.2) is 4.39 Å². The predicted octanol–water partition coefficient (Wildman–Crippen LogP) is 8.74. The lowest BCUT2D eigenvalue weighted by atomic mass is 9.59. The van der Waals surface area contributed by atoms with Crippen LogP contribution in [0.3, 0.4) is 0 Å². The molecule has 2 aliphatic carbocycles. The summed E-state index contributed by atoms with van der Waals surface area (Å²) < 4.78 is 18.6. The number of unbranched alkanes of at least 4 members (excludes halogenated alkanes) is 3. The smallest absolute Gasteiger partial charge is 0.119 e. The van der Waals surface area contributed by atoms with Crippen LogP contribution in [0.1, 0.15) is 108 Å². The van der Waals surface area contributed by atoms with Gasteiger partial charge in [-0.05, 0) is 86.3 Å². The summed E-state index contributed by atoms with van der Waals surface area (Å²) in [5.74, 6) is 2.47. The van der Waals surface area contributed by atoms with Crippen molar-refractivity contribution in [3.63, 3.8) is 0 Å². The van der Waals surface area contributed by atoms with E-state index < -0.39 is 0 Å². The molecule has 0 saturated heterocycles. The van der Waals surface area contributed by atoms with Crippen LogP contribution in [0.4, 0.5) is 4.39 Å². The number of benzene rings is 1. The summed E-state index contributed by atoms with van der Waals surface area (Å²) in [5, 5.41) is 0. The first-order valence-corrected chi connectivity index (χ1v) is 12.3. The van der Waals surface area contributed by atoms with Gasteiger partial charge < -0.3 is 4.74 Å². The standard InChI is InChI=1S/C27H41FO/c1-2-3-4-8-22-29-26-16-12-24(13-17-26)23-10-14-25(15-11-23)27(20-9-21-28)18-6-5-7-19-27/h9,12-13,16-17,21,23,25H,2-8,10-11,14-15,18-20,22H2,1H3. The van der Waals surface area contributed by atoms with Gasteiger partial charge >= 0.3 is 0 Å². The van der Waals surface area contributed by atoms with Gasteiger partial charge in [0.15, 0.2) is 0 Å². The van der Waals surface area contributed by atoms with Crippen LogP contribution >= 0.6 is 0 Å². The summed E-state index contributed by atoms with van der Waals surface area (Å²) in [6.07, 6.45) is 20.3. The third-order valence-electron chi connectivity index (χ3n) is 7.67. The molecule has 0 unspecified atom stereocenters. The summed E-state index contributed by atoms with van der Waals surface area (Å²) in [5.41, 5.74) is 1.85. The molecule has 29 heavy (non-hydrogen) atoms. The van der Waals surface area contributed by atoms with Crippen molar-refractivity contribution in [1.29, 1.82) is 0 Å². The van der Waals surface area contributed by atoms with E-state index in [1.807, 2.05) is 0 Å². The van der Waals surface area contributed by atoms with E-state index in [4.69, 9.17) is 4.74 Å². The Morgan fingerprint density at radius 1 is 0.966 bits per heavy atom. The molecular weight excluding hydrogens is 359 g/mol. The second kappa shape index (κ2) is 11.8. The zero-order chi connectivity index (χ0) is 20.4. The third-order valence-corrected chi connectivity index (χ3v) is 7.67. The molecular formula is C27H41FO. The fraction of sp³-hybridized carbons (Fsp3) is 0.704. The van der Waals surface area contributed by atoms with Crippen LogP contribution in [0.5, 0.6) is 5.75 Å². The van der Waals surface area contributed by atoms with Crippen molar-refractivity contribution in [2.75, 3.05) is 6.61 Å². The Kier molecular flexibility index (Phi) is 9.08. The second-order valence-corrected chi connectivity index (χ2v) is 9.52. The van der Waals surface area contributed by atoms with Crippen molar-refractivity contribution < 1.29 is 9.13 Å². The Hall–Kier alpha value is -1.31. The molecule has 1 aromatic rings. The molecule has 2 fully saturated rings. The topological polar surface area (TPSA) is 9.23 Å². The van der Waals surface area contributed by atoms with Crippen molar-refractivity contribution >= 4 is 0 Å². The summed E-state index contributed by atoms with van der Waals surface area (Å²) in [6, 6.07) is 8.90. The Balaban J connectivity index is 1.49. The van der Waals surface area contributed by atoms with Crippen molar-refractivity contribution in [1.82, 2.24) is 0 Å². The minimum Gasteiger partial charge on any atom is -0.494 e. The van der Waals surface area contributed by atoms with E-state index in [2.05, 4.69) is 31.2 Å². The zero-order valence-electron chi connectivity index (χ0n) is 18.5. The molecule has 2 aliphatic rings. The molecule has 2 saturated carbocycles. The highest BCUT2D eigenvalue weighted by Gasteiger charge is 2.40. The highest BCUT2D eigenvalue weighted by atomic mass is 19.1. The normalized spacial score (nSPS) is 24.6. The number of hydrogen-bond acceptors (Lipinski definition) is 1. The lowest BCUT2D eigenvalue weighted by Crippen LogP contribution is -2.35. The SMILES string of the molecule is CCCCCCOc1ccc(C2CCC(C3(CC=CF)CCCCC3)CC2)cc1. The summed E-state index contributed by atoms with van der Waals surface area (Å²) in [4.78, 5) is 0. The molecule has 0 atom stereocenters. The van der Waals surface area contributed by atoms with E-state index in [9.17, 15) is 4.39 Å². The molecule has 0 heterocycles. The molecule has 162 valence electrons. The molecule has 0 N–H and O–H groups in total. The average molecular weight is 401 g/mol. The molecule has 0 aromatic heterocycles. The van der Waals surface area contributed by atoms with Crippen molar-refractivity contribution in [2.45, 2.75) is 103 Å². The first-order chi connectivity index (χ1) is 14.3. The Bertz CT molecular complexity index is 591. The monoisotopic (exact) mass is 400 g/mol. The molecule has 3 rings (SSSR count). The lowest BCUT2D eigenvalue weighted by molar-refractivity contribution is 0.0654. The Morgan fingerprint density at radius 3 is 2.34 bits per heavy atom. The Morgan fingerprint density at radius 2 is 1.69 bits per heavy atom. The van der Waals surface area contributed by atoms with Crippen LogP contribution in [0.15, 0.2) is 36.7 Å². The lowest BCUT2D eigenvalue weighted by Gasteiger charge is -2.46. The van der Waals surface area contributed by atoms with Crippen LogP contribution in [0.2, 0.25) is 0 Å². The van der Waals surface area contributed by atoms with Crippen LogP contribution in [-0.4, -0.2) is 6.61 Å². The predicted molar refractivity (Wildman–Crippen MR) is 121 cm³/mol. The fourth-order valence-electron chi connectivity index (χ4n) is 5.91. The van der Waals surface area contributed by atoms with Gasteiger partial charge in [-0.3, -0.25) is 0 Å². The molecule has 1 aromatic carbocycles. The number of rotatable bonds is 10. The minimum absolute atomic E-state index is 0.376. The first-order valence-electron chi connectivity index (χ1n) is 12.3. The van der Waals surface area contributed by atoms with Gasteiger partial charge in [0.2, 0.25) is 0 Å². The van der Waals surface area contributed by atoms with Gasteiger partial charge in [-0.1, -0.05) is 63.7 Å². The van der Waals surface area contributed by atoms with E-state index in [0.717, 1.165) is 37.4 Å². The van der Waals surface area contributed by atoms with Crippen molar-refractivity contribution in [3.8, 4) is 5.75 Å². The highest BCUT2D eigenvalue weighted by molar-refractivity contribution is 5.29. The largest absolute Gasteiger partial charge is 0.494 e. The Labute approximate surface area is 178 Å².